The van der Waals surface area contributed by atoms with Gasteiger partial charge in [-0.15, -0.1) is 11.8 Å². The summed E-state index contributed by atoms with van der Waals surface area (Å²) in [5, 5.41) is 7.63. The molecule has 0 radical (unpaired) electrons. The van der Waals surface area contributed by atoms with Gasteiger partial charge in [-0.3, -0.25) is 9.69 Å². The standard InChI is InChI=1S/C23H25ClN4O3S/c1-16-26-22(31-27-16)15-32-21-9-5-3-7-18(21)23(29)25-14-20(28-10-12-30-13-11-28)17-6-2-4-8-19(17)24/h2-9,20H,10-15H2,1H3,(H,25,29). The van der Waals surface area contributed by atoms with Crippen molar-refractivity contribution in [1.82, 2.24) is 20.4 Å². The van der Waals surface area contributed by atoms with Crippen LogP contribution in [0.5, 0.6) is 0 Å². The van der Waals surface area contributed by atoms with Crippen LogP contribution in [0.15, 0.2) is 57.9 Å². The molecule has 1 fully saturated rings. The number of carbonyl (C=O) groups is 1. The first-order chi connectivity index (χ1) is 15.6. The highest BCUT2D eigenvalue weighted by atomic mass is 35.5. The number of benzene rings is 2. The van der Waals surface area contributed by atoms with Gasteiger partial charge in [-0.25, -0.2) is 0 Å². The van der Waals surface area contributed by atoms with E-state index in [0.29, 0.717) is 47.8 Å². The third-order valence-corrected chi connectivity index (χ3v) is 6.66. The SMILES string of the molecule is Cc1noc(CSc2ccccc2C(=O)NCC(c2ccccc2Cl)N2CCOCC2)n1. The van der Waals surface area contributed by atoms with Crippen LogP contribution in [0.4, 0.5) is 0 Å². The van der Waals surface area contributed by atoms with Gasteiger partial charge < -0.3 is 14.6 Å². The van der Waals surface area contributed by atoms with Gasteiger partial charge in [-0.2, -0.15) is 4.98 Å². The Hall–Kier alpha value is -2.39. The van der Waals surface area contributed by atoms with E-state index in [4.69, 9.17) is 20.9 Å². The minimum Gasteiger partial charge on any atom is -0.379 e. The molecule has 0 aliphatic carbocycles. The van der Waals surface area contributed by atoms with Crippen molar-refractivity contribution in [3.8, 4) is 0 Å². The summed E-state index contributed by atoms with van der Waals surface area (Å²) in [5.74, 6) is 1.51. The van der Waals surface area contributed by atoms with Crippen molar-refractivity contribution in [2.24, 2.45) is 0 Å². The molecule has 9 heteroatoms. The van der Waals surface area contributed by atoms with E-state index in [0.717, 1.165) is 23.5 Å². The maximum atomic E-state index is 13.1. The first-order valence-electron chi connectivity index (χ1n) is 10.5. The molecule has 1 N–H and O–H groups in total. The molecule has 1 amide bonds. The van der Waals surface area contributed by atoms with E-state index >= 15 is 0 Å². The predicted molar refractivity (Wildman–Crippen MR) is 124 cm³/mol. The minimum absolute atomic E-state index is 0.0299. The Kier molecular flexibility index (Phi) is 7.81. The first kappa shape index (κ1) is 22.8. The average Bonchev–Trinajstić information content (AvgIpc) is 3.24. The van der Waals surface area contributed by atoms with Gasteiger partial charge in [-0.05, 0) is 30.7 Å². The zero-order valence-electron chi connectivity index (χ0n) is 17.8. The molecule has 1 aliphatic rings. The molecule has 7 nitrogen and oxygen atoms in total. The number of hydrogen-bond donors (Lipinski definition) is 1. The van der Waals surface area contributed by atoms with Crippen molar-refractivity contribution >= 4 is 29.3 Å². The van der Waals surface area contributed by atoms with Crippen LogP contribution < -0.4 is 5.32 Å². The highest BCUT2D eigenvalue weighted by Crippen LogP contribution is 2.29. The quantitative estimate of drug-likeness (QED) is 0.494. The smallest absolute Gasteiger partial charge is 0.252 e. The molecule has 168 valence electrons. The topological polar surface area (TPSA) is 80.5 Å². The summed E-state index contributed by atoms with van der Waals surface area (Å²) in [5.41, 5.74) is 1.62. The summed E-state index contributed by atoms with van der Waals surface area (Å²) < 4.78 is 10.7. The monoisotopic (exact) mass is 472 g/mol. The molecule has 1 unspecified atom stereocenters. The fourth-order valence-corrected chi connectivity index (χ4v) is 4.82. The normalized spacial score (nSPS) is 15.4. The number of thioether (sulfide) groups is 1. The number of aromatic nitrogens is 2. The number of carbonyl (C=O) groups excluding carboxylic acids is 1. The summed E-state index contributed by atoms with van der Waals surface area (Å²) in [7, 11) is 0. The van der Waals surface area contributed by atoms with Crippen LogP contribution in [0, 0.1) is 6.92 Å². The Balaban J connectivity index is 1.46. The molecule has 0 spiro atoms. The third kappa shape index (κ3) is 5.69. The second-order valence-corrected chi connectivity index (χ2v) is 8.84. The van der Waals surface area contributed by atoms with Crippen LogP contribution in [0.1, 0.15) is 33.7 Å². The number of aryl methyl sites for hydroxylation is 1. The highest BCUT2D eigenvalue weighted by molar-refractivity contribution is 7.98. The molecule has 0 saturated carbocycles. The van der Waals surface area contributed by atoms with E-state index in [1.54, 1.807) is 6.92 Å². The Morgan fingerprint density at radius 1 is 1.19 bits per heavy atom. The number of halogens is 1. The average molecular weight is 473 g/mol. The lowest BCUT2D eigenvalue weighted by Crippen LogP contribution is -2.44. The molecule has 1 aliphatic heterocycles. The van der Waals surface area contributed by atoms with E-state index < -0.39 is 0 Å². The zero-order valence-corrected chi connectivity index (χ0v) is 19.4. The van der Waals surface area contributed by atoms with Crippen LogP contribution in [-0.4, -0.2) is 53.8 Å². The van der Waals surface area contributed by atoms with Crippen molar-refractivity contribution in [2.75, 3.05) is 32.8 Å². The zero-order chi connectivity index (χ0) is 22.3. The van der Waals surface area contributed by atoms with Crippen molar-refractivity contribution in [3.05, 3.63) is 76.4 Å². The fourth-order valence-electron chi connectivity index (χ4n) is 3.67. The summed E-state index contributed by atoms with van der Waals surface area (Å²) in [6.07, 6.45) is 0. The Morgan fingerprint density at radius 3 is 2.69 bits per heavy atom. The van der Waals surface area contributed by atoms with Gasteiger partial charge in [0.25, 0.3) is 5.91 Å². The second-order valence-electron chi connectivity index (χ2n) is 7.42. The van der Waals surface area contributed by atoms with Crippen LogP contribution in [0.25, 0.3) is 0 Å². The molecular formula is C23H25ClN4O3S. The van der Waals surface area contributed by atoms with Crippen LogP contribution in [-0.2, 0) is 10.5 Å². The van der Waals surface area contributed by atoms with Crippen molar-refractivity contribution in [1.29, 1.82) is 0 Å². The molecule has 2 heterocycles. The maximum absolute atomic E-state index is 13.1. The minimum atomic E-state index is -0.125. The van der Waals surface area contributed by atoms with E-state index in [1.807, 2.05) is 48.5 Å². The molecule has 3 aromatic rings. The van der Waals surface area contributed by atoms with E-state index in [9.17, 15) is 4.79 Å². The first-order valence-corrected chi connectivity index (χ1v) is 11.8. The van der Waals surface area contributed by atoms with Crippen LogP contribution >= 0.6 is 23.4 Å². The number of rotatable bonds is 8. The Morgan fingerprint density at radius 2 is 1.94 bits per heavy atom. The van der Waals surface area contributed by atoms with Gasteiger partial charge >= 0.3 is 0 Å². The number of hydrogen-bond acceptors (Lipinski definition) is 7. The van der Waals surface area contributed by atoms with Crippen molar-refractivity contribution in [2.45, 2.75) is 23.6 Å². The van der Waals surface area contributed by atoms with Crippen molar-refractivity contribution < 1.29 is 14.1 Å². The number of morpholine rings is 1. The lowest BCUT2D eigenvalue weighted by molar-refractivity contribution is 0.0162. The summed E-state index contributed by atoms with van der Waals surface area (Å²) in [6.45, 7) is 5.16. The number of ether oxygens (including phenoxy) is 1. The lowest BCUT2D eigenvalue weighted by Gasteiger charge is -2.35. The summed E-state index contributed by atoms with van der Waals surface area (Å²) >= 11 is 8.00. The van der Waals surface area contributed by atoms with Gasteiger partial charge in [-0.1, -0.05) is 47.1 Å². The van der Waals surface area contributed by atoms with E-state index in [1.165, 1.54) is 11.8 Å². The Bertz CT molecular complexity index is 1050. The Labute approximate surface area is 196 Å². The maximum Gasteiger partial charge on any atom is 0.252 e. The van der Waals surface area contributed by atoms with Crippen molar-refractivity contribution in [3.63, 3.8) is 0 Å². The fraction of sp³-hybridized carbons (Fsp3) is 0.348. The summed E-state index contributed by atoms with van der Waals surface area (Å²) in [4.78, 5) is 20.5. The number of amides is 1. The molecule has 2 aromatic carbocycles. The van der Waals surface area contributed by atoms with Crippen LogP contribution in [0.3, 0.4) is 0 Å². The van der Waals surface area contributed by atoms with Gasteiger partial charge in [0.05, 0.1) is 30.6 Å². The third-order valence-electron chi connectivity index (χ3n) is 5.26. The molecule has 32 heavy (non-hydrogen) atoms. The number of nitrogens with zero attached hydrogens (tertiary/aromatic N) is 3. The largest absolute Gasteiger partial charge is 0.379 e. The van der Waals surface area contributed by atoms with Gasteiger partial charge in [0, 0.05) is 29.6 Å². The molecule has 1 saturated heterocycles. The van der Waals surface area contributed by atoms with Gasteiger partial charge in [0.15, 0.2) is 5.82 Å². The van der Waals surface area contributed by atoms with Gasteiger partial charge in [0.2, 0.25) is 5.89 Å². The molecular weight excluding hydrogens is 448 g/mol. The lowest BCUT2D eigenvalue weighted by atomic mass is 10.0. The van der Waals surface area contributed by atoms with E-state index in [-0.39, 0.29) is 11.9 Å². The molecule has 0 bridgehead atoms. The number of nitrogens with one attached hydrogen (secondary N) is 1. The molecule has 1 aromatic heterocycles. The highest BCUT2D eigenvalue weighted by Gasteiger charge is 2.25. The van der Waals surface area contributed by atoms with E-state index in [2.05, 4.69) is 20.4 Å². The van der Waals surface area contributed by atoms with Gasteiger partial charge in [0.1, 0.15) is 0 Å². The predicted octanol–water partition coefficient (Wildman–Crippen LogP) is 4.13. The molecule has 4 rings (SSSR count). The second kappa shape index (κ2) is 11.0. The van der Waals surface area contributed by atoms with Crippen LogP contribution in [0.2, 0.25) is 5.02 Å². The summed E-state index contributed by atoms with van der Waals surface area (Å²) in [6, 6.07) is 15.3. The molecule has 1 atom stereocenters.